The first-order valence-corrected chi connectivity index (χ1v) is 6.05. The Hall–Kier alpha value is -1.96. The average Bonchev–Trinajstić information content (AvgIpc) is 2.83. The van der Waals surface area contributed by atoms with Crippen LogP contribution in [0, 0.1) is 0 Å². The van der Waals surface area contributed by atoms with Gasteiger partial charge in [-0.1, -0.05) is 36.4 Å². The molecule has 5 heteroatoms. The first-order chi connectivity index (χ1) is 8.84. The Morgan fingerprint density at radius 2 is 1.72 bits per heavy atom. The number of aromatic nitrogens is 4. The molecule has 2 heterocycles. The van der Waals surface area contributed by atoms with E-state index in [1.165, 1.54) is 0 Å². The van der Waals surface area contributed by atoms with Crippen LogP contribution in [0.1, 0.15) is 0 Å². The molecular formula is C13H9AlN4. The molecule has 0 aliphatic carbocycles. The molecule has 2 radical (unpaired) electrons. The molecule has 0 amide bonds. The molecule has 4 nitrogen and oxygen atoms in total. The maximum Gasteiger partial charge on any atom is 0.357 e. The van der Waals surface area contributed by atoms with Crippen LogP contribution in [0.4, 0.5) is 0 Å². The average molecular weight is 248 g/mol. The van der Waals surface area contributed by atoms with Crippen molar-refractivity contribution >= 4 is 16.5 Å². The van der Waals surface area contributed by atoms with Crippen LogP contribution in [-0.4, -0.2) is 35.2 Å². The topological polar surface area (TPSA) is 43.6 Å². The number of nitrogens with zero attached hydrogens (tertiary/aromatic N) is 4. The molecule has 18 heavy (non-hydrogen) atoms. The predicted molar refractivity (Wildman–Crippen MR) is 69.8 cm³/mol. The Morgan fingerprint density at radius 1 is 0.944 bits per heavy atom. The summed E-state index contributed by atoms with van der Waals surface area (Å²) in [5.74, 6) is 1.44. The molecule has 0 saturated carbocycles. The van der Waals surface area contributed by atoms with Crippen LogP contribution in [0.25, 0.3) is 22.9 Å². The minimum atomic E-state index is 0.700. The van der Waals surface area contributed by atoms with E-state index < -0.39 is 0 Å². The molecule has 0 saturated heterocycles. The minimum Gasteiger partial charge on any atom is -0.366 e. The van der Waals surface area contributed by atoms with Gasteiger partial charge in [-0.2, -0.15) is 5.10 Å². The van der Waals surface area contributed by atoms with Gasteiger partial charge in [-0.3, -0.25) is 4.98 Å². The SMILES string of the molecule is [Al][n]1nc(-c2ccccc2)nc1-c1ccccn1. The highest BCUT2D eigenvalue weighted by Gasteiger charge is 2.09. The second-order valence-corrected chi connectivity index (χ2v) is 4.27. The largest absolute Gasteiger partial charge is 0.366 e. The summed E-state index contributed by atoms with van der Waals surface area (Å²) in [4.78, 5) is 8.80. The molecule has 0 fully saturated rings. The van der Waals surface area contributed by atoms with E-state index in [1.807, 2.05) is 48.5 Å². The maximum atomic E-state index is 4.52. The highest BCUT2D eigenvalue weighted by atomic mass is 27.1. The number of benzene rings is 1. The van der Waals surface area contributed by atoms with Crippen molar-refractivity contribution in [3.8, 4) is 22.9 Å². The lowest BCUT2D eigenvalue weighted by atomic mass is 10.2. The molecule has 0 atom stereocenters. The summed E-state index contributed by atoms with van der Waals surface area (Å²) in [6.07, 6.45) is 1.75. The van der Waals surface area contributed by atoms with Gasteiger partial charge in [0.15, 0.2) is 11.6 Å². The summed E-state index contributed by atoms with van der Waals surface area (Å²) in [6, 6.07) is 15.6. The monoisotopic (exact) mass is 248 g/mol. The minimum absolute atomic E-state index is 0.700. The first-order valence-electron chi connectivity index (χ1n) is 5.53. The van der Waals surface area contributed by atoms with E-state index in [2.05, 4.69) is 31.6 Å². The summed E-state index contributed by atoms with van der Waals surface area (Å²) in [7, 11) is 0. The van der Waals surface area contributed by atoms with Crippen molar-refractivity contribution in [3.63, 3.8) is 0 Å². The van der Waals surface area contributed by atoms with Crippen molar-refractivity contribution < 1.29 is 0 Å². The molecule has 1 aromatic carbocycles. The zero-order chi connectivity index (χ0) is 12.4. The van der Waals surface area contributed by atoms with Gasteiger partial charge in [-0.25, -0.2) is 4.98 Å². The molecule has 3 rings (SSSR count). The third-order valence-corrected chi connectivity index (χ3v) is 2.92. The van der Waals surface area contributed by atoms with Crippen molar-refractivity contribution in [2.24, 2.45) is 0 Å². The van der Waals surface area contributed by atoms with Gasteiger partial charge in [-0.15, -0.1) is 0 Å². The molecule has 3 aromatic rings. The molecule has 0 spiro atoms. The van der Waals surface area contributed by atoms with Gasteiger partial charge in [0.2, 0.25) is 0 Å². The lowest BCUT2D eigenvalue weighted by Crippen LogP contribution is -1.98. The number of hydrogen-bond donors (Lipinski definition) is 0. The maximum absolute atomic E-state index is 4.52. The Kier molecular flexibility index (Phi) is 2.93. The third kappa shape index (κ3) is 2.06. The smallest absolute Gasteiger partial charge is 0.357 e. The van der Waals surface area contributed by atoms with Crippen LogP contribution in [0.3, 0.4) is 0 Å². The van der Waals surface area contributed by atoms with Gasteiger partial charge in [0.1, 0.15) is 5.69 Å². The van der Waals surface area contributed by atoms with Gasteiger partial charge in [0.25, 0.3) is 0 Å². The quantitative estimate of drug-likeness (QED) is 0.651. The van der Waals surface area contributed by atoms with Crippen LogP contribution < -0.4 is 0 Å². The van der Waals surface area contributed by atoms with Crippen molar-refractivity contribution in [3.05, 3.63) is 54.7 Å². The summed E-state index contributed by atoms with van der Waals surface area (Å²) in [5, 5.41) is 4.39. The van der Waals surface area contributed by atoms with Gasteiger partial charge < -0.3 is 3.67 Å². The highest BCUT2D eigenvalue weighted by Crippen LogP contribution is 2.19. The highest BCUT2D eigenvalue weighted by molar-refractivity contribution is 6.07. The standard InChI is InChI=1S/C13H9N4.Al/c1-2-6-10(7-3-1)12-15-13(17-16-12)11-8-4-5-9-14-11;/h1-9H;/q-1;+1. The second kappa shape index (κ2) is 4.73. The van der Waals surface area contributed by atoms with Gasteiger partial charge >= 0.3 is 16.5 Å². The van der Waals surface area contributed by atoms with E-state index >= 15 is 0 Å². The lowest BCUT2D eigenvalue weighted by Gasteiger charge is -1.98. The zero-order valence-corrected chi connectivity index (χ0v) is 10.7. The summed E-state index contributed by atoms with van der Waals surface area (Å²) >= 11 is 2.53. The van der Waals surface area contributed by atoms with Crippen LogP contribution in [-0.2, 0) is 0 Å². The van der Waals surface area contributed by atoms with Crippen molar-refractivity contribution in [2.45, 2.75) is 0 Å². The van der Waals surface area contributed by atoms with E-state index in [0.29, 0.717) is 5.82 Å². The number of pyridine rings is 1. The molecule has 2 aromatic heterocycles. The van der Waals surface area contributed by atoms with Crippen molar-refractivity contribution in [1.82, 2.24) is 18.7 Å². The predicted octanol–water partition coefficient (Wildman–Crippen LogP) is 1.94. The lowest BCUT2D eigenvalue weighted by molar-refractivity contribution is 0.994. The Labute approximate surface area is 113 Å². The molecule has 84 valence electrons. The molecule has 0 aliphatic rings. The van der Waals surface area contributed by atoms with Crippen LogP contribution >= 0.6 is 0 Å². The number of hydrogen-bond acceptors (Lipinski definition) is 3. The molecule has 0 unspecified atom stereocenters. The zero-order valence-electron chi connectivity index (χ0n) is 9.56. The summed E-state index contributed by atoms with van der Waals surface area (Å²) in [6.45, 7) is 0. The molecule has 0 bridgehead atoms. The Morgan fingerprint density at radius 3 is 2.44 bits per heavy atom. The van der Waals surface area contributed by atoms with E-state index in [4.69, 9.17) is 0 Å². The molecular weight excluding hydrogens is 239 g/mol. The molecule has 0 aliphatic heterocycles. The second-order valence-electron chi connectivity index (χ2n) is 3.78. The van der Waals surface area contributed by atoms with Crippen LogP contribution in [0.5, 0.6) is 0 Å². The van der Waals surface area contributed by atoms with E-state index in [0.717, 1.165) is 17.1 Å². The van der Waals surface area contributed by atoms with E-state index in [9.17, 15) is 0 Å². The van der Waals surface area contributed by atoms with Crippen LogP contribution in [0.15, 0.2) is 54.7 Å². The fraction of sp³-hybridized carbons (Fsp3) is 0. The summed E-state index contributed by atoms with van der Waals surface area (Å²) in [5.41, 5.74) is 1.80. The van der Waals surface area contributed by atoms with Crippen LogP contribution in [0.2, 0.25) is 0 Å². The van der Waals surface area contributed by atoms with Gasteiger partial charge in [0.05, 0.1) is 0 Å². The fourth-order valence-electron chi connectivity index (χ4n) is 1.70. The van der Waals surface area contributed by atoms with E-state index in [-0.39, 0.29) is 0 Å². The summed E-state index contributed by atoms with van der Waals surface area (Å²) < 4.78 is 1.67. The fourth-order valence-corrected chi connectivity index (χ4v) is 2.00. The number of rotatable bonds is 2. The van der Waals surface area contributed by atoms with Crippen molar-refractivity contribution in [2.75, 3.05) is 0 Å². The van der Waals surface area contributed by atoms with Gasteiger partial charge in [0, 0.05) is 11.8 Å². The van der Waals surface area contributed by atoms with Gasteiger partial charge in [-0.05, 0) is 12.1 Å². The third-order valence-electron chi connectivity index (χ3n) is 2.56. The van der Waals surface area contributed by atoms with Crippen molar-refractivity contribution in [1.29, 1.82) is 0 Å². The van der Waals surface area contributed by atoms with E-state index in [1.54, 1.807) is 9.86 Å². The molecule has 0 N–H and O–H groups in total. The normalized spacial score (nSPS) is 10.4. The Bertz CT molecular complexity index is 649. The Balaban J connectivity index is 2.07. The first kappa shape index (κ1) is 11.2.